The summed E-state index contributed by atoms with van der Waals surface area (Å²) in [7, 11) is 1.74. The summed E-state index contributed by atoms with van der Waals surface area (Å²) in [5, 5.41) is 3.33. The number of methoxy groups -OCH3 is 1. The Balaban J connectivity index is 1.74. The summed E-state index contributed by atoms with van der Waals surface area (Å²) in [6, 6.07) is 12.3. The third-order valence-electron chi connectivity index (χ3n) is 2.66. The number of hydrogen-bond acceptors (Lipinski definition) is 4. The van der Waals surface area contributed by atoms with Crippen molar-refractivity contribution in [2.75, 3.05) is 24.8 Å². The third-order valence-corrected chi connectivity index (χ3v) is 3.76. The van der Waals surface area contributed by atoms with Gasteiger partial charge in [-0.3, -0.25) is 0 Å². The summed E-state index contributed by atoms with van der Waals surface area (Å²) in [5.41, 5.74) is 1.11. The fourth-order valence-corrected chi connectivity index (χ4v) is 2.49. The molecule has 2 aromatic rings. The van der Waals surface area contributed by atoms with Gasteiger partial charge in [-0.15, -0.1) is 11.8 Å². The molecular weight excluding hydrogens is 258 g/mol. The first kappa shape index (κ1) is 14.0. The van der Waals surface area contributed by atoms with Gasteiger partial charge in [0.1, 0.15) is 5.76 Å². The van der Waals surface area contributed by atoms with E-state index in [2.05, 4.69) is 29.6 Å². The summed E-state index contributed by atoms with van der Waals surface area (Å²) in [6.45, 7) is 1.54. The van der Waals surface area contributed by atoms with E-state index in [1.165, 1.54) is 4.90 Å². The van der Waals surface area contributed by atoms with E-state index in [-0.39, 0.29) is 0 Å². The Bertz CT molecular complexity index is 454. The highest BCUT2D eigenvalue weighted by molar-refractivity contribution is 7.99. The molecule has 4 heteroatoms. The molecule has 3 nitrogen and oxygen atoms in total. The number of hydrogen-bond donors (Lipinski definition) is 1. The van der Waals surface area contributed by atoms with E-state index in [9.17, 15) is 0 Å². The normalized spacial score (nSPS) is 10.6. The molecule has 0 atom stereocenters. The molecule has 0 saturated carbocycles. The van der Waals surface area contributed by atoms with Crippen molar-refractivity contribution < 1.29 is 9.15 Å². The maximum absolute atomic E-state index is 5.28. The molecule has 0 radical (unpaired) electrons. The van der Waals surface area contributed by atoms with Crippen LogP contribution >= 0.6 is 11.8 Å². The monoisotopic (exact) mass is 277 g/mol. The number of furan rings is 1. The second-order valence-electron chi connectivity index (χ2n) is 4.15. The van der Waals surface area contributed by atoms with Gasteiger partial charge in [-0.05, 0) is 42.8 Å². The standard InChI is InChI=1S/C15H19NO2S/c1-17-9-3-11-19-15-7-5-13(6-8-15)16-12-14-4-2-10-18-14/h2,4-8,10,16H,3,9,11-12H2,1H3. The molecule has 1 aromatic carbocycles. The van der Waals surface area contributed by atoms with Crippen LogP contribution < -0.4 is 5.32 Å². The summed E-state index contributed by atoms with van der Waals surface area (Å²) in [6.07, 6.45) is 2.77. The van der Waals surface area contributed by atoms with E-state index in [1.807, 2.05) is 23.9 Å². The predicted molar refractivity (Wildman–Crippen MR) is 79.7 cm³/mol. The zero-order valence-electron chi connectivity index (χ0n) is 11.1. The molecule has 0 bridgehead atoms. The van der Waals surface area contributed by atoms with Gasteiger partial charge in [0.15, 0.2) is 0 Å². The van der Waals surface area contributed by atoms with Crippen LogP contribution in [-0.4, -0.2) is 19.5 Å². The van der Waals surface area contributed by atoms with Gasteiger partial charge < -0.3 is 14.5 Å². The van der Waals surface area contributed by atoms with Crippen LogP contribution in [0.3, 0.4) is 0 Å². The van der Waals surface area contributed by atoms with Gasteiger partial charge in [0.2, 0.25) is 0 Å². The molecule has 2 rings (SSSR count). The first-order valence-electron chi connectivity index (χ1n) is 6.36. The molecule has 0 fully saturated rings. The molecule has 0 spiro atoms. The summed E-state index contributed by atoms with van der Waals surface area (Å²) < 4.78 is 10.3. The van der Waals surface area contributed by atoms with Crippen LogP contribution in [0.25, 0.3) is 0 Å². The summed E-state index contributed by atoms with van der Waals surface area (Å²) in [5.74, 6) is 2.03. The highest BCUT2D eigenvalue weighted by Gasteiger charge is 1.98. The van der Waals surface area contributed by atoms with Gasteiger partial charge in [0.25, 0.3) is 0 Å². The van der Waals surface area contributed by atoms with Gasteiger partial charge >= 0.3 is 0 Å². The Morgan fingerprint density at radius 1 is 1.21 bits per heavy atom. The smallest absolute Gasteiger partial charge is 0.122 e. The van der Waals surface area contributed by atoms with Crippen LogP contribution in [-0.2, 0) is 11.3 Å². The lowest BCUT2D eigenvalue weighted by atomic mass is 10.3. The van der Waals surface area contributed by atoms with E-state index >= 15 is 0 Å². The second kappa shape index (κ2) is 7.92. The lowest BCUT2D eigenvalue weighted by Gasteiger charge is -2.06. The van der Waals surface area contributed by atoms with Crippen molar-refractivity contribution in [2.45, 2.75) is 17.9 Å². The van der Waals surface area contributed by atoms with Crippen molar-refractivity contribution in [1.82, 2.24) is 0 Å². The van der Waals surface area contributed by atoms with Gasteiger partial charge in [-0.1, -0.05) is 0 Å². The Kier molecular flexibility index (Phi) is 5.85. The number of rotatable bonds is 8. The minimum absolute atomic E-state index is 0.716. The third kappa shape index (κ3) is 5.01. The van der Waals surface area contributed by atoms with E-state index in [4.69, 9.17) is 9.15 Å². The average Bonchev–Trinajstić information content (AvgIpc) is 2.96. The van der Waals surface area contributed by atoms with Gasteiger partial charge in [-0.2, -0.15) is 0 Å². The zero-order valence-corrected chi connectivity index (χ0v) is 11.9. The number of ether oxygens (including phenoxy) is 1. The molecular formula is C15H19NO2S. The van der Waals surface area contributed by atoms with Crippen LogP contribution in [0.5, 0.6) is 0 Å². The van der Waals surface area contributed by atoms with Crippen molar-refractivity contribution in [3.63, 3.8) is 0 Å². The first-order chi connectivity index (χ1) is 9.38. The Morgan fingerprint density at radius 3 is 2.74 bits per heavy atom. The van der Waals surface area contributed by atoms with Crippen LogP contribution in [0, 0.1) is 0 Å². The zero-order chi connectivity index (χ0) is 13.3. The van der Waals surface area contributed by atoms with Crippen LogP contribution in [0.15, 0.2) is 52.0 Å². The molecule has 1 heterocycles. The maximum atomic E-state index is 5.28. The largest absolute Gasteiger partial charge is 0.467 e. The molecule has 19 heavy (non-hydrogen) atoms. The van der Waals surface area contributed by atoms with Gasteiger partial charge in [0.05, 0.1) is 12.8 Å². The summed E-state index contributed by atoms with van der Waals surface area (Å²) >= 11 is 1.86. The minimum atomic E-state index is 0.716. The van der Waals surface area contributed by atoms with E-state index < -0.39 is 0 Å². The number of thioether (sulfide) groups is 1. The fraction of sp³-hybridized carbons (Fsp3) is 0.333. The van der Waals surface area contributed by atoms with Crippen molar-refractivity contribution in [1.29, 1.82) is 0 Å². The topological polar surface area (TPSA) is 34.4 Å². The molecule has 0 saturated heterocycles. The van der Waals surface area contributed by atoms with Crippen LogP contribution in [0.1, 0.15) is 12.2 Å². The minimum Gasteiger partial charge on any atom is -0.467 e. The predicted octanol–water partition coefficient (Wildman–Crippen LogP) is 4.02. The van der Waals surface area contributed by atoms with Gasteiger partial charge in [0, 0.05) is 30.1 Å². The van der Waals surface area contributed by atoms with Gasteiger partial charge in [-0.25, -0.2) is 0 Å². The van der Waals surface area contributed by atoms with Crippen molar-refractivity contribution in [2.24, 2.45) is 0 Å². The molecule has 0 aliphatic carbocycles. The molecule has 1 N–H and O–H groups in total. The molecule has 1 aromatic heterocycles. The van der Waals surface area contributed by atoms with E-state index in [1.54, 1.807) is 13.4 Å². The average molecular weight is 277 g/mol. The lowest BCUT2D eigenvalue weighted by Crippen LogP contribution is -1.97. The van der Waals surface area contributed by atoms with Crippen molar-refractivity contribution in [3.05, 3.63) is 48.4 Å². The molecule has 0 aliphatic rings. The fourth-order valence-electron chi connectivity index (χ4n) is 1.66. The van der Waals surface area contributed by atoms with E-state index in [0.29, 0.717) is 6.54 Å². The second-order valence-corrected chi connectivity index (χ2v) is 5.32. The summed E-state index contributed by atoms with van der Waals surface area (Å²) in [4.78, 5) is 1.29. The SMILES string of the molecule is COCCCSc1ccc(NCc2ccco2)cc1. The van der Waals surface area contributed by atoms with Crippen molar-refractivity contribution >= 4 is 17.4 Å². The Labute approximate surface area is 118 Å². The quantitative estimate of drug-likeness (QED) is 0.584. The van der Waals surface area contributed by atoms with Crippen molar-refractivity contribution in [3.8, 4) is 0 Å². The number of nitrogens with one attached hydrogen (secondary N) is 1. The first-order valence-corrected chi connectivity index (χ1v) is 7.35. The highest BCUT2D eigenvalue weighted by Crippen LogP contribution is 2.21. The highest BCUT2D eigenvalue weighted by atomic mass is 32.2. The molecule has 0 amide bonds. The molecule has 0 aliphatic heterocycles. The van der Waals surface area contributed by atoms with Crippen LogP contribution in [0.2, 0.25) is 0 Å². The molecule has 0 unspecified atom stereocenters. The Morgan fingerprint density at radius 2 is 2.05 bits per heavy atom. The lowest BCUT2D eigenvalue weighted by molar-refractivity contribution is 0.200. The Hall–Kier alpha value is -1.39. The van der Waals surface area contributed by atoms with Crippen LogP contribution in [0.4, 0.5) is 5.69 Å². The van der Waals surface area contributed by atoms with E-state index in [0.717, 1.165) is 30.2 Å². The number of anilines is 1. The number of benzene rings is 1. The molecule has 102 valence electrons. The maximum Gasteiger partial charge on any atom is 0.122 e.